The highest BCUT2D eigenvalue weighted by atomic mass is 32.3. The van der Waals surface area contributed by atoms with Crippen LogP contribution in [0.15, 0.2) is 100 Å². The van der Waals surface area contributed by atoms with Crippen molar-refractivity contribution in [3.05, 3.63) is 90.5 Å². The predicted molar refractivity (Wildman–Crippen MR) is 170 cm³/mol. The predicted octanol–water partition coefficient (Wildman–Crippen LogP) is 9.21. The van der Waals surface area contributed by atoms with E-state index < -0.39 is 28.0 Å². The zero-order valence-corrected chi connectivity index (χ0v) is 25.9. The summed E-state index contributed by atoms with van der Waals surface area (Å²) in [4.78, 5) is 12.3. The lowest BCUT2D eigenvalue weighted by Crippen LogP contribution is -2.12. The van der Waals surface area contributed by atoms with E-state index in [9.17, 15) is 23.6 Å². The van der Waals surface area contributed by atoms with Crippen LogP contribution >= 0.6 is 10.9 Å². The van der Waals surface area contributed by atoms with Crippen molar-refractivity contribution in [2.24, 2.45) is 10.2 Å². The van der Waals surface area contributed by atoms with Gasteiger partial charge in [-0.1, -0.05) is 90.1 Å². The summed E-state index contributed by atoms with van der Waals surface area (Å²) in [5.41, 5.74) is 0.850. The second-order valence-electron chi connectivity index (χ2n) is 7.07. The zero-order chi connectivity index (χ0) is 32.3. The summed E-state index contributed by atoms with van der Waals surface area (Å²) in [7, 11) is -4.23. The molecule has 0 aromatic heterocycles. The molecule has 0 aliphatic rings. The number of hydrogen-bond acceptors (Lipinski definition) is 9. The van der Waals surface area contributed by atoms with Crippen molar-refractivity contribution in [1.82, 2.24) is 0 Å². The van der Waals surface area contributed by atoms with Crippen LogP contribution in [-0.4, -0.2) is 38.0 Å². The number of benzene rings is 4. The van der Waals surface area contributed by atoms with E-state index in [-0.39, 0.29) is 27.6 Å². The van der Waals surface area contributed by atoms with Gasteiger partial charge in [0.25, 0.3) is 5.91 Å². The average Bonchev–Trinajstić information content (AvgIpc) is 3.00. The summed E-state index contributed by atoms with van der Waals surface area (Å²) in [6.45, 7) is 12.0. The molecule has 13 heteroatoms. The molecule has 1 atom stereocenters. The Bertz CT molecular complexity index is 1410. The SMILES string of the molecule is CC.CC.CC.O=C(Nc1cccc2cc(S(O)(O)O)c(N=Nc3ccccc3)c(O)c12)c1ccccc1.O=S([O-])O. The number of amides is 1. The fraction of sp³-hybridized carbons (Fsp3) is 0.207. The number of nitrogens with zero attached hydrogens (tertiary/aromatic N) is 2. The van der Waals surface area contributed by atoms with E-state index in [1.165, 1.54) is 6.07 Å². The maximum absolute atomic E-state index is 12.6. The minimum atomic E-state index is -4.23. The standard InChI is InChI=1S/C23H19N3O5S.3C2H6.H2O3S/c27-22-20-16(10-7-13-18(20)24-23(28)15-8-3-1-4-9-15)14-19(32(29,30)31)21(22)26-25-17-11-5-2-6-12-17;3*1-2;1-4(2)3/h1-14,27,29-31H,(H,24,28);3*1-2H3;(H2,1,2,3)/p-1. The Hall–Kier alpha value is -3.69. The van der Waals surface area contributed by atoms with Crippen LogP contribution in [0.2, 0.25) is 0 Å². The number of nitrogens with one attached hydrogen (secondary N) is 1. The van der Waals surface area contributed by atoms with Crippen LogP contribution in [0.4, 0.5) is 17.1 Å². The van der Waals surface area contributed by atoms with Crippen LogP contribution < -0.4 is 5.32 Å². The van der Waals surface area contributed by atoms with Crippen molar-refractivity contribution >= 4 is 56.0 Å². The summed E-state index contributed by atoms with van der Waals surface area (Å²) in [5, 5.41) is 22.3. The molecule has 230 valence electrons. The van der Waals surface area contributed by atoms with Gasteiger partial charge in [0.1, 0.15) is 16.6 Å². The second kappa shape index (κ2) is 20.2. The van der Waals surface area contributed by atoms with Crippen LogP contribution in [-0.2, 0) is 11.4 Å². The van der Waals surface area contributed by atoms with Gasteiger partial charge in [0.05, 0.1) is 27.6 Å². The molecule has 0 aliphatic heterocycles. The molecule has 0 fully saturated rings. The first-order valence-electron chi connectivity index (χ1n) is 13.0. The van der Waals surface area contributed by atoms with Gasteiger partial charge in [-0.3, -0.25) is 4.79 Å². The monoisotopic (exact) mass is 620 g/mol. The highest BCUT2D eigenvalue weighted by Crippen LogP contribution is 2.55. The number of carbonyl (C=O) groups excluding carboxylic acids is 1. The molecule has 1 amide bonds. The molecule has 4 aromatic rings. The molecule has 0 spiro atoms. The van der Waals surface area contributed by atoms with Gasteiger partial charge in [0.15, 0.2) is 5.75 Å². The summed E-state index contributed by atoms with van der Waals surface area (Å²) in [6.07, 6.45) is 0. The first-order chi connectivity index (χ1) is 20.1. The lowest BCUT2D eigenvalue weighted by molar-refractivity contribution is 0.102. The molecule has 4 aromatic carbocycles. The van der Waals surface area contributed by atoms with Crippen molar-refractivity contribution in [1.29, 1.82) is 0 Å². The minimum absolute atomic E-state index is 0.214. The molecular weight excluding hydrogens is 582 g/mol. The quantitative estimate of drug-likeness (QED) is 0.0937. The lowest BCUT2D eigenvalue weighted by atomic mass is 10.1. The van der Waals surface area contributed by atoms with Gasteiger partial charge in [-0.05, 0) is 41.8 Å². The molecule has 0 heterocycles. The molecule has 0 aliphatic carbocycles. The van der Waals surface area contributed by atoms with E-state index in [1.54, 1.807) is 78.9 Å². The maximum Gasteiger partial charge on any atom is 0.255 e. The number of azo groups is 1. The molecule has 42 heavy (non-hydrogen) atoms. The Morgan fingerprint density at radius 1 is 0.810 bits per heavy atom. The van der Waals surface area contributed by atoms with Gasteiger partial charge < -0.3 is 33.2 Å². The molecule has 6 N–H and O–H groups in total. The highest BCUT2D eigenvalue weighted by molar-refractivity contribution is 8.19. The van der Waals surface area contributed by atoms with Gasteiger partial charge in [-0.25, -0.2) is 4.21 Å². The number of hydrogen-bond donors (Lipinski definition) is 6. The normalized spacial score (nSPS) is 11.2. The maximum atomic E-state index is 12.6. The minimum Gasteiger partial charge on any atom is -0.750 e. The highest BCUT2D eigenvalue weighted by Gasteiger charge is 2.26. The Morgan fingerprint density at radius 2 is 1.31 bits per heavy atom. The van der Waals surface area contributed by atoms with E-state index >= 15 is 0 Å². The van der Waals surface area contributed by atoms with Crippen molar-refractivity contribution < 1.29 is 36.9 Å². The van der Waals surface area contributed by atoms with Gasteiger partial charge in [-0.2, -0.15) is 5.11 Å². The molecule has 0 saturated heterocycles. The molecule has 0 saturated carbocycles. The number of rotatable bonds is 5. The van der Waals surface area contributed by atoms with Crippen molar-refractivity contribution in [3.63, 3.8) is 0 Å². The molecule has 0 bridgehead atoms. The third-order valence-corrected chi connectivity index (χ3v) is 5.58. The van der Waals surface area contributed by atoms with Gasteiger partial charge >= 0.3 is 0 Å². The largest absolute Gasteiger partial charge is 0.750 e. The van der Waals surface area contributed by atoms with Crippen molar-refractivity contribution in [2.75, 3.05) is 5.32 Å². The van der Waals surface area contributed by atoms with E-state index in [1.807, 2.05) is 41.5 Å². The van der Waals surface area contributed by atoms with E-state index in [2.05, 4.69) is 15.5 Å². The van der Waals surface area contributed by atoms with Crippen LogP contribution in [0.3, 0.4) is 0 Å². The van der Waals surface area contributed by atoms with E-state index in [0.717, 1.165) is 0 Å². The first kappa shape index (κ1) is 38.3. The molecule has 0 radical (unpaired) electrons. The first-order valence-corrected chi connectivity index (χ1v) is 15.5. The second-order valence-corrected chi connectivity index (χ2v) is 8.98. The third-order valence-electron chi connectivity index (χ3n) is 4.68. The average molecular weight is 621 g/mol. The molecular formula is C29H38N3O8S2-. The lowest BCUT2D eigenvalue weighted by Gasteiger charge is -2.22. The van der Waals surface area contributed by atoms with E-state index in [0.29, 0.717) is 16.6 Å². The number of phenols is 1. The number of carbonyl (C=O) groups is 1. The van der Waals surface area contributed by atoms with Crippen LogP contribution in [0, 0.1) is 0 Å². The molecule has 11 nitrogen and oxygen atoms in total. The number of anilines is 1. The third kappa shape index (κ3) is 12.0. The number of fused-ring (bicyclic) bond motifs is 1. The van der Waals surface area contributed by atoms with E-state index in [4.69, 9.17) is 13.3 Å². The summed E-state index contributed by atoms with van der Waals surface area (Å²) < 4.78 is 53.9. The zero-order valence-electron chi connectivity index (χ0n) is 24.3. The molecule has 4 rings (SSSR count). The van der Waals surface area contributed by atoms with Gasteiger partial charge in [0.2, 0.25) is 0 Å². The smallest absolute Gasteiger partial charge is 0.255 e. The van der Waals surface area contributed by atoms with Crippen LogP contribution in [0.25, 0.3) is 10.8 Å². The van der Waals surface area contributed by atoms with Gasteiger partial charge in [0, 0.05) is 10.9 Å². The Morgan fingerprint density at radius 3 is 1.81 bits per heavy atom. The summed E-state index contributed by atoms with van der Waals surface area (Å²) in [6, 6.07) is 23.3. The Balaban J connectivity index is 0.00000150. The Kier molecular flexibility index (Phi) is 18.5. The number of aromatic hydroxyl groups is 1. The van der Waals surface area contributed by atoms with Crippen LogP contribution in [0.1, 0.15) is 51.9 Å². The topological polar surface area (TPSA) is 195 Å². The van der Waals surface area contributed by atoms with Gasteiger partial charge in [-0.15, -0.1) is 5.11 Å². The summed E-state index contributed by atoms with van der Waals surface area (Å²) >= 11 is -2.86. The fourth-order valence-corrected chi connectivity index (χ4v) is 3.88. The van der Waals surface area contributed by atoms with Crippen molar-refractivity contribution in [3.8, 4) is 5.75 Å². The summed E-state index contributed by atoms with van der Waals surface area (Å²) in [5.74, 6) is -0.851. The number of phenolic OH excluding ortho intramolecular Hbond substituents is 1. The molecule has 1 unspecified atom stereocenters. The van der Waals surface area contributed by atoms with Crippen LogP contribution in [0.5, 0.6) is 5.75 Å². The fourth-order valence-electron chi connectivity index (χ4n) is 3.20. The van der Waals surface area contributed by atoms with Crippen molar-refractivity contribution in [2.45, 2.75) is 46.4 Å². The Labute approximate surface area is 250 Å².